The standard InChI is InChI=1S/C10H10BrNOS/c11-9-4-8(7-12)5-10(6-9)14-3-1-2-13/h4-6,13H,1-3H2. The largest absolute Gasteiger partial charge is 0.396 e. The zero-order valence-electron chi connectivity index (χ0n) is 7.53. The molecule has 1 aromatic carbocycles. The van der Waals surface area contributed by atoms with Gasteiger partial charge in [-0.05, 0) is 24.6 Å². The highest BCUT2D eigenvalue weighted by Crippen LogP contribution is 2.24. The van der Waals surface area contributed by atoms with Gasteiger partial charge in [0.1, 0.15) is 0 Å². The van der Waals surface area contributed by atoms with Crippen LogP contribution in [0.4, 0.5) is 0 Å². The van der Waals surface area contributed by atoms with Gasteiger partial charge in [0.05, 0.1) is 11.6 Å². The van der Waals surface area contributed by atoms with Crippen LogP contribution in [-0.4, -0.2) is 17.5 Å². The molecule has 0 aliphatic carbocycles. The molecule has 4 heteroatoms. The van der Waals surface area contributed by atoms with E-state index in [2.05, 4.69) is 22.0 Å². The Kier molecular flexibility index (Phi) is 5.02. The van der Waals surface area contributed by atoms with Crippen molar-refractivity contribution in [3.63, 3.8) is 0 Å². The highest BCUT2D eigenvalue weighted by Gasteiger charge is 1.99. The van der Waals surface area contributed by atoms with Crippen LogP contribution in [0.25, 0.3) is 0 Å². The van der Waals surface area contributed by atoms with Gasteiger partial charge in [-0.25, -0.2) is 0 Å². The lowest BCUT2D eigenvalue weighted by Gasteiger charge is -2.01. The van der Waals surface area contributed by atoms with Crippen molar-refractivity contribution in [3.05, 3.63) is 28.2 Å². The van der Waals surface area contributed by atoms with E-state index in [0.29, 0.717) is 5.56 Å². The van der Waals surface area contributed by atoms with Gasteiger partial charge in [-0.15, -0.1) is 11.8 Å². The summed E-state index contributed by atoms with van der Waals surface area (Å²) in [5.74, 6) is 0.873. The molecule has 0 atom stereocenters. The molecule has 0 fully saturated rings. The van der Waals surface area contributed by atoms with E-state index in [0.717, 1.165) is 21.5 Å². The zero-order chi connectivity index (χ0) is 10.4. The molecule has 14 heavy (non-hydrogen) atoms. The number of hydrogen-bond donors (Lipinski definition) is 1. The molecular formula is C10H10BrNOS. The Bertz CT molecular complexity index is 348. The maximum atomic E-state index is 8.74. The van der Waals surface area contributed by atoms with Crippen LogP contribution in [0.5, 0.6) is 0 Å². The van der Waals surface area contributed by atoms with Gasteiger partial charge in [-0.2, -0.15) is 5.26 Å². The lowest BCUT2D eigenvalue weighted by atomic mass is 10.2. The maximum Gasteiger partial charge on any atom is 0.0992 e. The van der Waals surface area contributed by atoms with Gasteiger partial charge >= 0.3 is 0 Å². The molecule has 1 rings (SSSR count). The number of aliphatic hydroxyl groups is 1. The molecule has 1 N–H and O–H groups in total. The van der Waals surface area contributed by atoms with Crippen molar-refractivity contribution in [2.24, 2.45) is 0 Å². The van der Waals surface area contributed by atoms with Gasteiger partial charge < -0.3 is 5.11 Å². The highest BCUT2D eigenvalue weighted by atomic mass is 79.9. The summed E-state index contributed by atoms with van der Waals surface area (Å²) in [6, 6.07) is 7.72. The molecule has 0 amide bonds. The Hall–Kier alpha value is -0.500. The van der Waals surface area contributed by atoms with E-state index in [1.54, 1.807) is 17.8 Å². The molecule has 0 bridgehead atoms. The lowest BCUT2D eigenvalue weighted by molar-refractivity contribution is 0.296. The van der Waals surface area contributed by atoms with Crippen LogP contribution in [0.15, 0.2) is 27.6 Å². The predicted octanol–water partition coefficient (Wildman–Crippen LogP) is 2.80. The smallest absolute Gasteiger partial charge is 0.0992 e. The van der Waals surface area contributed by atoms with Gasteiger partial charge in [0.15, 0.2) is 0 Å². The average Bonchev–Trinajstić information content (AvgIpc) is 2.17. The molecular weight excluding hydrogens is 262 g/mol. The van der Waals surface area contributed by atoms with E-state index < -0.39 is 0 Å². The van der Waals surface area contributed by atoms with Crippen molar-refractivity contribution >= 4 is 27.7 Å². The summed E-state index contributed by atoms with van der Waals surface area (Å²) in [6.07, 6.45) is 0.777. The fourth-order valence-electron chi connectivity index (χ4n) is 0.965. The van der Waals surface area contributed by atoms with E-state index in [1.807, 2.05) is 12.1 Å². The summed E-state index contributed by atoms with van der Waals surface area (Å²) < 4.78 is 0.919. The number of nitrogens with zero attached hydrogens (tertiary/aromatic N) is 1. The summed E-state index contributed by atoms with van der Waals surface area (Å²) in [5.41, 5.74) is 0.658. The minimum absolute atomic E-state index is 0.214. The summed E-state index contributed by atoms with van der Waals surface area (Å²) >= 11 is 5.00. The van der Waals surface area contributed by atoms with Crippen LogP contribution in [-0.2, 0) is 0 Å². The normalized spacial score (nSPS) is 9.79. The first-order valence-electron chi connectivity index (χ1n) is 4.20. The minimum Gasteiger partial charge on any atom is -0.396 e. The SMILES string of the molecule is N#Cc1cc(Br)cc(SCCCO)c1. The third kappa shape index (κ3) is 3.70. The number of nitriles is 1. The maximum absolute atomic E-state index is 8.74. The van der Waals surface area contributed by atoms with E-state index in [9.17, 15) is 0 Å². The van der Waals surface area contributed by atoms with Crippen LogP contribution >= 0.6 is 27.7 Å². The average molecular weight is 272 g/mol. The monoisotopic (exact) mass is 271 g/mol. The molecule has 0 unspecified atom stereocenters. The van der Waals surface area contributed by atoms with Crippen LogP contribution in [0.2, 0.25) is 0 Å². The topological polar surface area (TPSA) is 44.0 Å². The van der Waals surface area contributed by atoms with Crippen molar-refractivity contribution in [2.45, 2.75) is 11.3 Å². The number of hydrogen-bond acceptors (Lipinski definition) is 3. The van der Waals surface area contributed by atoms with Crippen LogP contribution in [0.3, 0.4) is 0 Å². The quantitative estimate of drug-likeness (QED) is 0.677. The fourth-order valence-corrected chi connectivity index (χ4v) is 2.54. The molecule has 0 aliphatic heterocycles. The lowest BCUT2D eigenvalue weighted by Crippen LogP contribution is -1.86. The van der Waals surface area contributed by atoms with Gasteiger partial charge in [0.25, 0.3) is 0 Å². The highest BCUT2D eigenvalue weighted by molar-refractivity contribution is 9.10. The zero-order valence-corrected chi connectivity index (χ0v) is 9.94. The number of rotatable bonds is 4. The van der Waals surface area contributed by atoms with Crippen molar-refractivity contribution in [3.8, 4) is 6.07 Å². The first kappa shape index (κ1) is 11.6. The Balaban J connectivity index is 2.68. The Morgan fingerprint density at radius 1 is 1.43 bits per heavy atom. The molecule has 0 aliphatic rings. The number of aliphatic hydroxyl groups excluding tert-OH is 1. The number of thioether (sulfide) groups is 1. The third-order valence-corrected chi connectivity index (χ3v) is 3.09. The van der Waals surface area contributed by atoms with Crippen LogP contribution < -0.4 is 0 Å². The Morgan fingerprint density at radius 3 is 2.86 bits per heavy atom. The van der Waals surface area contributed by atoms with Crippen LogP contribution in [0, 0.1) is 11.3 Å². The van der Waals surface area contributed by atoms with Crippen LogP contribution in [0.1, 0.15) is 12.0 Å². The second kappa shape index (κ2) is 6.07. The van der Waals surface area contributed by atoms with Crippen molar-refractivity contribution in [1.29, 1.82) is 5.26 Å². The molecule has 0 radical (unpaired) electrons. The van der Waals surface area contributed by atoms with Gasteiger partial charge in [-0.1, -0.05) is 15.9 Å². The first-order chi connectivity index (χ1) is 6.76. The van der Waals surface area contributed by atoms with E-state index in [1.165, 1.54) is 0 Å². The molecule has 1 aromatic rings. The second-order valence-corrected chi connectivity index (χ2v) is 4.80. The van der Waals surface area contributed by atoms with Crippen molar-refractivity contribution in [1.82, 2.24) is 0 Å². The van der Waals surface area contributed by atoms with E-state index >= 15 is 0 Å². The van der Waals surface area contributed by atoms with Crippen molar-refractivity contribution in [2.75, 3.05) is 12.4 Å². The predicted molar refractivity (Wildman–Crippen MR) is 61.3 cm³/mol. The molecule has 2 nitrogen and oxygen atoms in total. The molecule has 0 heterocycles. The molecule has 74 valence electrons. The Labute approximate surface area is 96.1 Å². The molecule has 0 saturated carbocycles. The summed E-state index contributed by atoms with van der Waals surface area (Å²) in [4.78, 5) is 1.06. The number of benzene rings is 1. The van der Waals surface area contributed by atoms with Gasteiger partial charge in [0.2, 0.25) is 0 Å². The van der Waals surface area contributed by atoms with Gasteiger partial charge in [0, 0.05) is 21.7 Å². The second-order valence-electron chi connectivity index (χ2n) is 2.71. The minimum atomic E-state index is 0.214. The van der Waals surface area contributed by atoms with E-state index in [4.69, 9.17) is 10.4 Å². The first-order valence-corrected chi connectivity index (χ1v) is 5.98. The molecule has 0 saturated heterocycles. The van der Waals surface area contributed by atoms with Gasteiger partial charge in [-0.3, -0.25) is 0 Å². The Morgan fingerprint density at radius 2 is 2.21 bits per heavy atom. The summed E-state index contributed by atoms with van der Waals surface area (Å²) in [6.45, 7) is 0.214. The molecule has 0 spiro atoms. The fraction of sp³-hybridized carbons (Fsp3) is 0.300. The summed E-state index contributed by atoms with van der Waals surface area (Å²) in [5, 5.41) is 17.4. The third-order valence-electron chi connectivity index (χ3n) is 1.57. The number of halogens is 1. The van der Waals surface area contributed by atoms with Crippen molar-refractivity contribution < 1.29 is 5.11 Å². The van der Waals surface area contributed by atoms with E-state index in [-0.39, 0.29) is 6.61 Å². The molecule has 0 aromatic heterocycles. The summed E-state index contributed by atoms with van der Waals surface area (Å²) in [7, 11) is 0.